The number of aromatic nitrogens is 1. The quantitative estimate of drug-likeness (QED) is 0.111. The van der Waals surface area contributed by atoms with Crippen LogP contribution >= 0.6 is 0 Å². The second-order valence-corrected chi connectivity index (χ2v) is 19.8. The molecule has 0 bridgehead atoms. The van der Waals surface area contributed by atoms with Gasteiger partial charge < -0.3 is 4.57 Å². The second-order valence-electron chi connectivity index (χ2n) is 19.8. The Hall–Kier alpha value is -9.82. The fourth-order valence-electron chi connectivity index (χ4n) is 12.6. The zero-order valence-electron chi connectivity index (χ0n) is 41.1. The summed E-state index contributed by atoms with van der Waals surface area (Å²) in [6, 6.07) is 105. The molecule has 1 heterocycles. The molecule has 0 amide bonds. The van der Waals surface area contributed by atoms with Gasteiger partial charge in [-0.25, -0.2) is 0 Å². The Balaban J connectivity index is 0.930. The summed E-state index contributed by atoms with van der Waals surface area (Å²) < 4.78 is 2.39. The van der Waals surface area contributed by atoms with Gasteiger partial charge >= 0.3 is 0 Å². The van der Waals surface area contributed by atoms with Crippen molar-refractivity contribution in [3.8, 4) is 72.4 Å². The van der Waals surface area contributed by atoms with E-state index in [1.165, 1.54) is 142 Å². The lowest BCUT2D eigenvalue weighted by Crippen LogP contribution is -1.96. The molecule has 0 radical (unpaired) electrons. The molecule has 0 spiro atoms. The third-order valence-electron chi connectivity index (χ3n) is 15.8. The fraction of sp³-hybridized carbons (Fsp3) is 0. The molecule has 0 fully saturated rings. The van der Waals surface area contributed by atoms with Gasteiger partial charge in [-0.1, -0.05) is 249 Å². The lowest BCUT2D eigenvalue weighted by Gasteiger charge is -2.24. The van der Waals surface area contributed by atoms with Crippen molar-refractivity contribution in [2.24, 2.45) is 0 Å². The van der Waals surface area contributed by atoms with E-state index < -0.39 is 0 Å². The molecule has 15 rings (SSSR count). The Bertz CT molecular complexity index is 4660. The topological polar surface area (TPSA) is 4.93 Å². The Labute approximate surface area is 435 Å². The maximum absolute atomic E-state index is 2.47. The first-order chi connectivity index (χ1) is 37.3. The first-order valence-electron chi connectivity index (χ1n) is 26.0. The summed E-state index contributed by atoms with van der Waals surface area (Å²) in [6.07, 6.45) is 0. The summed E-state index contributed by atoms with van der Waals surface area (Å²) in [6.45, 7) is 0. The normalized spacial score (nSPS) is 11.7. The van der Waals surface area contributed by atoms with E-state index in [0.717, 1.165) is 5.69 Å². The Morgan fingerprint density at radius 2 is 0.533 bits per heavy atom. The predicted octanol–water partition coefficient (Wildman–Crippen LogP) is 20.6. The smallest absolute Gasteiger partial charge is 0.0541 e. The van der Waals surface area contributed by atoms with Gasteiger partial charge in [-0.3, -0.25) is 0 Å². The van der Waals surface area contributed by atoms with Gasteiger partial charge in [0, 0.05) is 16.5 Å². The molecule has 1 nitrogen and oxygen atoms in total. The molecular weight excluding hydrogens is 903 g/mol. The summed E-state index contributed by atoms with van der Waals surface area (Å²) >= 11 is 0. The first kappa shape index (κ1) is 42.8. The van der Waals surface area contributed by atoms with Crippen molar-refractivity contribution in [2.75, 3.05) is 0 Å². The summed E-state index contributed by atoms with van der Waals surface area (Å²) in [4.78, 5) is 0. The lowest BCUT2D eigenvalue weighted by molar-refractivity contribution is 1.18. The van der Waals surface area contributed by atoms with Crippen LogP contribution in [0.1, 0.15) is 0 Å². The Kier molecular flexibility index (Phi) is 9.96. The molecule has 75 heavy (non-hydrogen) atoms. The number of fused-ring (bicyclic) bond motifs is 9. The predicted molar refractivity (Wildman–Crippen MR) is 321 cm³/mol. The number of nitrogens with zero attached hydrogens (tertiary/aromatic N) is 1. The van der Waals surface area contributed by atoms with Crippen molar-refractivity contribution >= 4 is 75.7 Å². The summed E-state index contributed by atoms with van der Waals surface area (Å²) in [5, 5.41) is 14.9. The monoisotopic (exact) mass is 949 g/mol. The van der Waals surface area contributed by atoms with Gasteiger partial charge in [-0.2, -0.15) is 0 Å². The van der Waals surface area contributed by atoms with E-state index in [4.69, 9.17) is 0 Å². The molecule has 14 aromatic carbocycles. The third kappa shape index (κ3) is 6.79. The van der Waals surface area contributed by atoms with Crippen LogP contribution in [-0.4, -0.2) is 4.57 Å². The molecule has 348 valence electrons. The highest BCUT2D eigenvalue weighted by atomic mass is 15.0. The van der Waals surface area contributed by atoms with Crippen molar-refractivity contribution in [2.45, 2.75) is 0 Å². The van der Waals surface area contributed by atoms with E-state index in [1.807, 2.05) is 0 Å². The molecule has 1 aromatic heterocycles. The standard InChI is InChI=1S/C74H47N/c1-4-22-48(23-5-1)66-47-65(56-30-12-14-33-59(56)73(66)74-60-34-15-11-29-55(60)54-28-10-13-32-58(54)72(74)50-24-6-2-7-25-50)49-40-42-51(43-41-49)70-61-35-16-18-37-63(61)71(64-38-19-17-36-62(64)70)52-44-45-69-67(46-52)57-31-20-21-39-68(57)75(69)53-26-8-3-9-27-53/h1-47H. The lowest BCUT2D eigenvalue weighted by atomic mass is 9.79. The van der Waals surface area contributed by atoms with Gasteiger partial charge in [0.25, 0.3) is 0 Å². The van der Waals surface area contributed by atoms with Crippen LogP contribution in [0.5, 0.6) is 0 Å². The maximum atomic E-state index is 2.47. The molecule has 0 N–H and O–H groups in total. The summed E-state index contributed by atoms with van der Waals surface area (Å²) in [7, 11) is 0. The molecule has 0 saturated carbocycles. The van der Waals surface area contributed by atoms with Crippen molar-refractivity contribution in [1.82, 2.24) is 4.57 Å². The van der Waals surface area contributed by atoms with E-state index in [9.17, 15) is 0 Å². The molecule has 15 aromatic rings. The average molecular weight is 950 g/mol. The maximum Gasteiger partial charge on any atom is 0.0541 e. The first-order valence-corrected chi connectivity index (χ1v) is 26.0. The van der Waals surface area contributed by atoms with Crippen LogP contribution in [0.4, 0.5) is 0 Å². The second kappa shape index (κ2) is 17.4. The minimum absolute atomic E-state index is 1.16. The van der Waals surface area contributed by atoms with Gasteiger partial charge in [-0.05, 0) is 157 Å². The van der Waals surface area contributed by atoms with Gasteiger partial charge in [-0.15, -0.1) is 0 Å². The van der Waals surface area contributed by atoms with Crippen molar-refractivity contribution < 1.29 is 0 Å². The van der Waals surface area contributed by atoms with E-state index in [0.29, 0.717) is 0 Å². The number of hydrogen-bond donors (Lipinski definition) is 0. The van der Waals surface area contributed by atoms with Crippen LogP contribution in [-0.2, 0) is 0 Å². The van der Waals surface area contributed by atoms with E-state index >= 15 is 0 Å². The van der Waals surface area contributed by atoms with Gasteiger partial charge in [0.15, 0.2) is 0 Å². The van der Waals surface area contributed by atoms with E-state index in [2.05, 4.69) is 290 Å². The molecule has 0 aliphatic heterocycles. The van der Waals surface area contributed by atoms with Crippen molar-refractivity contribution in [1.29, 1.82) is 0 Å². The SMILES string of the molecule is c1ccc(-c2cc(-c3ccc(-c4c5ccccc5c(-c5ccc6c(c5)c5ccccc5n6-c5ccccc5)c5ccccc45)cc3)c3ccccc3c2-c2c(-c3ccccc3)c3ccccc3c3ccccc23)cc1. The molecule has 0 unspecified atom stereocenters. The van der Waals surface area contributed by atoms with Gasteiger partial charge in [0.05, 0.1) is 11.0 Å². The van der Waals surface area contributed by atoms with E-state index in [-0.39, 0.29) is 0 Å². The van der Waals surface area contributed by atoms with Crippen LogP contribution in [0.2, 0.25) is 0 Å². The molecular formula is C74H47N. The fourth-order valence-corrected chi connectivity index (χ4v) is 12.6. The molecule has 1 heteroatoms. The Morgan fingerprint density at radius 1 is 0.173 bits per heavy atom. The highest BCUT2D eigenvalue weighted by Crippen LogP contribution is 2.52. The number of hydrogen-bond acceptors (Lipinski definition) is 0. The minimum atomic E-state index is 1.16. The number of benzene rings is 14. The highest BCUT2D eigenvalue weighted by Gasteiger charge is 2.25. The van der Waals surface area contributed by atoms with Crippen LogP contribution in [0.25, 0.3) is 148 Å². The number of rotatable bonds is 7. The van der Waals surface area contributed by atoms with Crippen LogP contribution in [0.3, 0.4) is 0 Å². The molecule has 0 atom stereocenters. The van der Waals surface area contributed by atoms with Gasteiger partial charge in [0.1, 0.15) is 0 Å². The largest absolute Gasteiger partial charge is 0.309 e. The van der Waals surface area contributed by atoms with Crippen molar-refractivity contribution in [3.05, 3.63) is 285 Å². The highest BCUT2D eigenvalue weighted by molar-refractivity contribution is 6.27. The molecule has 0 saturated heterocycles. The number of para-hydroxylation sites is 2. The zero-order chi connectivity index (χ0) is 49.4. The van der Waals surface area contributed by atoms with Gasteiger partial charge in [0.2, 0.25) is 0 Å². The zero-order valence-corrected chi connectivity index (χ0v) is 41.1. The summed E-state index contributed by atoms with van der Waals surface area (Å²) in [5.41, 5.74) is 18.2. The minimum Gasteiger partial charge on any atom is -0.309 e. The summed E-state index contributed by atoms with van der Waals surface area (Å²) in [5.74, 6) is 0. The average Bonchev–Trinajstić information content (AvgIpc) is 3.86. The van der Waals surface area contributed by atoms with Crippen LogP contribution < -0.4 is 0 Å². The Morgan fingerprint density at radius 3 is 1.11 bits per heavy atom. The molecule has 0 aliphatic rings. The van der Waals surface area contributed by atoms with Crippen LogP contribution in [0.15, 0.2) is 285 Å². The van der Waals surface area contributed by atoms with Crippen molar-refractivity contribution in [3.63, 3.8) is 0 Å². The van der Waals surface area contributed by atoms with E-state index in [1.54, 1.807) is 0 Å². The van der Waals surface area contributed by atoms with Crippen LogP contribution in [0, 0.1) is 0 Å². The molecule has 0 aliphatic carbocycles. The third-order valence-corrected chi connectivity index (χ3v) is 15.8.